The lowest BCUT2D eigenvalue weighted by Gasteiger charge is -2.31. The summed E-state index contributed by atoms with van der Waals surface area (Å²) in [5.74, 6) is 1.31. The number of fused-ring (bicyclic) bond motifs is 3. The zero-order valence-corrected chi connectivity index (χ0v) is 25.5. The van der Waals surface area contributed by atoms with Crippen molar-refractivity contribution in [3.63, 3.8) is 0 Å². The van der Waals surface area contributed by atoms with Gasteiger partial charge < -0.3 is 14.5 Å². The Kier molecular flexibility index (Phi) is 7.56. The van der Waals surface area contributed by atoms with Crippen molar-refractivity contribution in [1.82, 2.24) is 24.8 Å². The Morgan fingerprint density at radius 3 is 2.89 bits per heavy atom. The Balaban J connectivity index is 1.34. The van der Waals surface area contributed by atoms with Crippen molar-refractivity contribution in [2.75, 3.05) is 44.7 Å². The molecule has 0 spiro atoms. The highest BCUT2D eigenvalue weighted by molar-refractivity contribution is 6.02. The first-order valence-electron chi connectivity index (χ1n) is 15.4. The normalized spacial score (nSPS) is 22.7. The van der Waals surface area contributed by atoms with Gasteiger partial charge in [-0.3, -0.25) is 14.7 Å². The molecule has 3 aliphatic heterocycles. The van der Waals surface area contributed by atoms with Gasteiger partial charge in [-0.25, -0.2) is 13.2 Å². The molecule has 11 heteroatoms. The van der Waals surface area contributed by atoms with Gasteiger partial charge in [-0.05, 0) is 43.3 Å². The van der Waals surface area contributed by atoms with Crippen LogP contribution in [0, 0.1) is 24.0 Å². The number of likely N-dealkylation sites (N-methyl/N-ethyl adjacent to an activating group) is 1. The fourth-order valence-electron chi connectivity index (χ4n) is 7.44. The van der Waals surface area contributed by atoms with E-state index in [4.69, 9.17) is 16.1 Å². The van der Waals surface area contributed by atoms with Crippen molar-refractivity contribution >= 4 is 33.4 Å². The molecule has 0 saturated carbocycles. The number of ether oxygens (including phenoxy) is 1. The van der Waals surface area contributed by atoms with Crippen LogP contribution in [0.5, 0.6) is 6.01 Å². The average Bonchev–Trinajstić information content (AvgIpc) is 3.78. The molecule has 3 atom stereocenters. The van der Waals surface area contributed by atoms with E-state index < -0.39 is 23.3 Å². The molecule has 8 nitrogen and oxygen atoms in total. The molecule has 3 fully saturated rings. The summed E-state index contributed by atoms with van der Waals surface area (Å²) in [6, 6.07) is 7.87. The monoisotopic (exact) mass is 626 g/mol. The zero-order valence-electron chi connectivity index (χ0n) is 25.5. The molecule has 2 aromatic carbocycles. The van der Waals surface area contributed by atoms with Gasteiger partial charge in [0.15, 0.2) is 5.82 Å². The van der Waals surface area contributed by atoms with Gasteiger partial charge in [-0.1, -0.05) is 36.8 Å². The maximum absolute atomic E-state index is 16.7. The molecule has 0 N–H and O–H groups in total. The second kappa shape index (κ2) is 11.6. The average molecular weight is 627 g/mol. The highest BCUT2D eigenvalue weighted by Crippen LogP contribution is 2.41. The first kappa shape index (κ1) is 30.0. The van der Waals surface area contributed by atoms with Gasteiger partial charge in [0, 0.05) is 56.3 Å². The van der Waals surface area contributed by atoms with Crippen LogP contribution in [0.1, 0.15) is 31.2 Å². The van der Waals surface area contributed by atoms with E-state index in [2.05, 4.69) is 27.4 Å². The van der Waals surface area contributed by atoms with Gasteiger partial charge in [-0.15, -0.1) is 6.42 Å². The van der Waals surface area contributed by atoms with Gasteiger partial charge in [0.05, 0.1) is 16.5 Å². The minimum atomic E-state index is -0.934. The van der Waals surface area contributed by atoms with Gasteiger partial charge in [-0.2, -0.15) is 9.97 Å². The Morgan fingerprint density at radius 1 is 1.24 bits per heavy atom. The molecule has 3 saturated heterocycles. The molecule has 3 aliphatic rings. The molecule has 1 amide bonds. The van der Waals surface area contributed by atoms with Gasteiger partial charge in [0.1, 0.15) is 35.6 Å². The minimum Gasteiger partial charge on any atom is -0.461 e. The Labute approximate surface area is 264 Å². The van der Waals surface area contributed by atoms with E-state index in [1.807, 2.05) is 11.9 Å². The Morgan fingerprint density at radius 2 is 2.09 bits per heavy atom. The summed E-state index contributed by atoms with van der Waals surface area (Å²) in [4.78, 5) is 31.8. The van der Waals surface area contributed by atoms with Crippen LogP contribution in [-0.2, 0) is 4.79 Å². The van der Waals surface area contributed by atoms with E-state index in [1.54, 1.807) is 29.2 Å². The van der Waals surface area contributed by atoms with Crippen LogP contribution in [0.25, 0.3) is 32.9 Å². The van der Waals surface area contributed by atoms with Crippen molar-refractivity contribution in [2.45, 2.75) is 43.4 Å². The highest BCUT2D eigenvalue weighted by Gasteiger charge is 2.49. The highest BCUT2D eigenvalue weighted by atomic mass is 19.1. The molecule has 46 heavy (non-hydrogen) atoms. The third-order valence-corrected chi connectivity index (χ3v) is 9.80. The van der Waals surface area contributed by atoms with Gasteiger partial charge in [0.25, 0.3) is 0 Å². The molecule has 4 aromatic rings. The lowest BCUT2D eigenvalue weighted by atomic mass is 9.95. The number of likely N-dealkylation sites (tertiary alicyclic amines) is 1. The number of carbonyl (C=O) groups is 1. The number of hydrogen-bond donors (Lipinski definition) is 0. The van der Waals surface area contributed by atoms with E-state index in [9.17, 15) is 13.6 Å². The fraction of sp³-hybridized carbons (Fsp3) is 0.371. The number of carbonyl (C=O) groups excluding carboxylic acids is 1. The van der Waals surface area contributed by atoms with E-state index in [0.29, 0.717) is 60.0 Å². The maximum atomic E-state index is 16.7. The van der Waals surface area contributed by atoms with Crippen molar-refractivity contribution in [1.29, 1.82) is 0 Å². The Hall–Kier alpha value is -4.69. The summed E-state index contributed by atoms with van der Waals surface area (Å²) in [6.45, 7) is 5.90. The van der Waals surface area contributed by atoms with Crippen molar-refractivity contribution < 1.29 is 22.7 Å². The summed E-state index contributed by atoms with van der Waals surface area (Å²) in [7, 11) is 1.83. The van der Waals surface area contributed by atoms with E-state index in [1.165, 1.54) is 18.3 Å². The molecule has 0 bridgehead atoms. The number of benzene rings is 2. The van der Waals surface area contributed by atoms with E-state index in [-0.39, 0.29) is 41.3 Å². The number of nitrogens with zero attached hydrogens (tertiary/aromatic N) is 6. The predicted octanol–water partition coefficient (Wildman–Crippen LogP) is 5.28. The molecule has 0 radical (unpaired) electrons. The number of alkyl halides is 1. The third-order valence-electron chi connectivity index (χ3n) is 9.80. The van der Waals surface area contributed by atoms with Crippen LogP contribution in [0.4, 0.5) is 19.0 Å². The Bertz CT molecular complexity index is 1930. The molecule has 0 unspecified atom stereocenters. The fourth-order valence-corrected chi connectivity index (χ4v) is 7.44. The molecule has 2 aromatic heterocycles. The standard InChI is InChI=1S/C35H33F3N6O2/c1-4-24-27(37)11-10-21-8-6-9-25(29(21)24)31-30(38)32-26(17-39-31)33(42(3)23-12-15-43(19-23)28(45)5-2)41-34(40-32)46-20-35-13-7-14-44(35)18-22(36)16-35/h1,5-6,8-11,17,22-23H,2,7,12-16,18-20H2,3H3/t22-,23-,35+/m1/s1. The first-order valence-corrected chi connectivity index (χ1v) is 15.4. The number of halogens is 3. The van der Waals surface area contributed by atoms with Crippen molar-refractivity contribution in [2.24, 2.45) is 0 Å². The van der Waals surface area contributed by atoms with Crippen LogP contribution < -0.4 is 9.64 Å². The number of anilines is 1. The van der Waals surface area contributed by atoms with Gasteiger partial charge >= 0.3 is 6.01 Å². The summed E-state index contributed by atoms with van der Waals surface area (Å²) in [5.41, 5.74) is -0.181. The number of amides is 1. The smallest absolute Gasteiger partial charge is 0.319 e. The number of rotatable bonds is 7. The zero-order chi connectivity index (χ0) is 32.2. The second-order valence-corrected chi connectivity index (χ2v) is 12.4. The number of hydrogen-bond acceptors (Lipinski definition) is 7. The SMILES string of the molecule is C#Cc1c(F)ccc2cccc(-c3ncc4c(N(C)[C@@H]5CCN(C(=O)C=C)C5)nc(OC[C@@]56CCCN5C[C@H](F)C6)nc4c3F)c12. The molecule has 5 heterocycles. The summed E-state index contributed by atoms with van der Waals surface area (Å²) in [5, 5.41) is 1.36. The van der Waals surface area contributed by atoms with Crippen LogP contribution >= 0.6 is 0 Å². The number of pyridine rings is 1. The maximum Gasteiger partial charge on any atom is 0.319 e. The van der Waals surface area contributed by atoms with E-state index >= 15 is 4.39 Å². The lowest BCUT2D eigenvalue weighted by Crippen LogP contribution is -2.43. The summed E-state index contributed by atoms with van der Waals surface area (Å²) >= 11 is 0. The topological polar surface area (TPSA) is 74.7 Å². The molecular formula is C35H33F3N6O2. The lowest BCUT2D eigenvalue weighted by molar-refractivity contribution is -0.125. The largest absolute Gasteiger partial charge is 0.461 e. The van der Waals surface area contributed by atoms with Crippen LogP contribution in [0.3, 0.4) is 0 Å². The van der Waals surface area contributed by atoms with Crippen LogP contribution in [-0.4, -0.2) is 88.2 Å². The molecular weight excluding hydrogens is 593 g/mol. The van der Waals surface area contributed by atoms with Crippen LogP contribution in [0.2, 0.25) is 0 Å². The predicted molar refractivity (Wildman–Crippen MR) is 170 cm³/mol. The van der Waals surface area contributed by atoms with Gasteiger partial charge in [0.2, 0.25) is 5.91 Å². The van der Waals surface area contributed by atoms with Crippen molar-refractivity contribution in [3.8, 4) is 29.6 Å². The molecule has 0 aliphatic carbocycles. The van der Waals surface area contributed by atoms with Crippen molar-refractivity contribution in [3.05, 3.63) is 66.4 Å². The first-order chi connectivity index (χ1) is 22.2. The number of aromatic nitrogens is 3. The molecule has 236 valence electrons. The minimum absolute atomic E-state index is 0.0180. The third kappa shape index (κ3) is 4.92. The summed E-state index contributed by atoms with van der Waals surface area (Å²) < 4.78 is 52.2. The van der Waals surface area contributed by atoms with Crippen LogP contribution in [0.15, 0.2) is 49.2 Å². The van der Waals surface area contributed by atoms with E-state index in [0.717, 1.165) is 19.4 Å². The summed E-state index contributed by atoms with van der Waals surface area (Å²) in [6.07, 6.45) is 10.3. The quantitative estimate of drug-likeness (QED) is 0.204. The molecule has 7 rings (SSSR count). The number of terminal acetylenes is 1. The second-order valence-electron chi connectivity index (χ2n) is 12.4.